The van der Waals surface area contributed by atoms with Crippen LogP contribution < -0.4 is 5.63 Å². The van der Waals surface area contributed by atoms with Crippen LogP contribution in [0.3, 0.4) is 0 Å². The molecule has 0 radical (unpaired) electrons. The standard InChI is InChI=1S/C26H25NO6/c1-14(2)9-10-27-24(29)20-8-6-17(11-21(20)25(27)30)26(31)32-13-18-12-22(28)33-23-16(4)15(3)5-7-19(18)23/h5-8,11-12,14H,9-10,13H2,1-4H3. The molecule has 2 amide bonds. The molecule has 0 unspecified atom stereocenters. The van der Waals surface area contributed by atoms with Gasteiger partial charge in [-0.15, -0.1) is 0 Å². The zero-order chi connectivity index (χ0) is 23.9. The first-order valence-electron chi connectivity index (χ1n) is 10.9. The summed E-state index contributed by atoms with van der Waals surface area (Å²) in [6, 6.07) is 9.41. The van der Waals surface area contributed by atoms with Crippen molar-refractivity contribution in [3.63, 3.8) is 0 Å². The molecular weight excluding hydrogens is 422 g/mol. The monoisotopic (exact) mass is 447 g/mol. The van der Waals surface area contributed by atoms with Gasteiger partial charge in [0.1, 0.15) is 12.2 Å². The van der Waals surface area contributed by atoms with Crippen LogP contribution in [-0.4, -0.2) is 29.2 Å². The molecule has 4 rings (SSSR count). The lowest BCUT2D eigenvalue weighted by Crippen LogP contribution is -2.31. The van der Waals surface area contributed by atoms with Gasteiger partial charge in [0, 0.05) is 23.6 Å². The number of hydrogen-bond donors (Lipinski definition) is 0. The van der Waals surface area contributed by atoms with Gasteiger partial charge in [0.25, 0.3) is 11.8 Å². The zero-order valence-corrected chi connectivity index (χ0v) is 19.1. The van der Waals surface area contributed by atoms with Crippen molar-refractivity contribution < 1.29 is 23.5 Å². The lowest BCUT2D eigenvalue weighted by molar-refractivity contribution is 0.0473. The van der Waals surface area contributed by atoms with Gasteiger partial charge in [0.15, 0.2) is 0 Å². The molecule has 2 aromatic carbocycles. The van der Waals surface area contributed by atoms with Crippen molar-refractivity contribution in [3.8, 4) is 0 Å². The Morgan fingerprint density at radius 2 is 1.73 bits per heavy atom. The maximum Gasteiger partial charge on any atom is 0.338 e. The van der Waals surface area contributed by atoms with Crippen LogP contribution in [0.15, 0.2) is 45.6 Å². The smallest absolute Gasteiger partial charge is 0.338 e. The van der Waals surface area contributed by atoms with Gasteiger partial charge >= 0.3 is 11.6 Å². The SMILES string of the molecule is Cc1ccc2c(COC(=O)c3ccc4c(c3)C(=O)N(CCC(C)C)C4=O)cc(=O)oc2c1C. The van der Waals surface area contributed by atoms with Crippen molar-refractivity contribution in [1.29, 1.82) is 0 Å². The van der Waals surface area contributed by atoms with Gasteiger partial charge in [-0.1, -0.05) is 26.0 Å². The summed E-state index contributed by atoms with van der Waals surface area (Å²) in [5.74, 6) is -1.04. The third kappa shape index (κ3) is 4.18. The number of amides is 2. The summed E-state index contributed by atoms with van der Waals surface area (Å²) in [6.07, 6.45) is 0.707. The molecule has 0 fully saturated rings. The van der Waals surface area contributed by atoms with E-state index < -0.39 is 17.5 Å². The first-order valence-corrected chi connectivity index (χ1v) is 10.9. The fourth-order valence-electron chi connectivity index (χ4n) is 3.88. The van der Waals surface area contributed by atoms with E-state index in [1.165, 1.54) is 29.2 Å². The maximum absolute atomic E-state index is 12.7. The molecule has 1 aliphatic heterocycles. The number of fused-ring (bicyclic) bond motifs is 2. The van der Waals surface area contributed by atoms with Gasteiger partial charge in [0.2, 0.25) is 0 Å². The minimum atomic E-state index is -0.649. The number of ether oxygens (including phenoxy) is 1. The molecule has 0 aliphatic carbocycles. The first kappa shape index (κ1) is 22.5. The van der Waals surface area contributed by atoms with Crippen molar-refractivity contribution in [3.05, 3.63) is 80.2 Å². The topological polar surface area (TPSA) is 93.9 Å². The van der Waals surface area contributed by atoms with Crippen molar-refractivity contribution in [2.75, 3.05) is 6.54 Å². The van der Waals surface area contributed by atoms with E-state index in [0.717, 1.165) is 11.1 Å². The van der Waals surface area contributed by atoms with E-state index in [4.69, 9.17) is 9.15 Å². The number of nitrogens with zero attached hydrogens (tertiary/aromatic N) is 1. The van der Waals surface area contributed by atoms with Crippen LogP contribution in [0.4, 0.5) is 0 Å². The van der Waals surface area contributed by atoms with Crippen molar-refractivity contribution >= 4 is 28.8 Å². The minimum Gasteiger partial charge on any atom is -0.457 e. The Labute approximate surface area is 191 Å². The zero-order valence-electron chi connectivity index (χ0n) is 19.1. The molecule has 0 saturated heterocycles. The minimum absolute atomic E-state index is 0.131. The number of carbonyl (C=O) groups excluding carboxylic acids is 3. The summed E-state index contributed by atoms with van der Waals surface area (Å²) in [5.41, 5.74) is 2.97. The van der Waals surface area contributed by atoms with E-state index in [1.807, 2.05) is 39.8 Å². The Morgan fingerprint density at radius 1 is 1.00 bits per heavy atom. The van der Waals surface area contributed by atoms with Crippen molar-refractivity contribution in [2.45, 2.75) is 40.7 Å². The second-order valence-electron chi connectivity index (χ2n) is 8.76. The second-order valence-corrected chi connectivity index (χ2v) is 8.76. The van der Waals surface area contributed by atoms with Crippen LogP contribution >= 0.6 is 0 Å². The highest BCUT2D eigenvalue weighted by molar-refractivity contribution is 6.21. The summed E-state index contributed by atoms with van der Waals surface area (Å²) in [7, 11) is 0. The van der Waals surface area contributed by atoms with Gasteiger partial charge in [-0.2, -0.15) is 0 Å². The molecule has 1 aliphatic rings. The summed E-state index contributed by atoms with van der Waals surface area (Å²) in [5, 5.41) is 0.695. The van der Waals surface area contributed by atoms with Crippen molar-refractivity contribution in [2.24, 2.45) is 5.92 Å². The Bertz CT molecular complexity index is 1350. The van der Waals surface area contributed by atoms with Gasteiger partial charge in [-0.25, -0.2) is 9.59 Å². The first-order chi connectivity index (χ1) is 15.7. The molecular formula is C26H25NO6. The summed E-state index contributed by atoms with van der Waals surface area (Å²) in [6.45, 7) is 8.04. The molecule has 2 heterocycles. The Balaban J connectivity index is 1.55. The van der Waals surface area contributed by atoms with Crippen molar-refractivity contribution in [1.82, 2.24) is 4.90 Å². The largest absolute Gasteiger partial charge is 0.457 e. The van der Waals surface area contributed by atoms with E-state index in [2.05, 4.69) is 0 Å². The Morgan fingerprint density at radius 3 is 2.45 bits per heavy atom. The molecule has 0 N–H and O–H groups in total. The summed E-state index contributed by atoms with van der Waals surface area (Å²) >= 11 is 0. The second kappa shape index (κ2) is 8.65. The van der Waals surface area contributed by atoms with E-state index in [-0.39, 0.29) is 29.2 Å². The van der Waals surface area contributed by atoms with Crippen LogP contribution in [-0.2, 0) is 11.3 Å². The molecule has 0 spiro atoms. The lowest BCUT2D eigenvalue weighted by atomic mass is 10.0. The lowest BCUT2D eigenvalue weighted by Gasteiger charge is -2.14. The summed E-state index contributed by atoms with van der Waals surface area (Å²) in [4.78, 5) is 51.2. The fraction of sp³-hybridized carbons (Fsp3) is 0.308. The van der Waals surface area contributed by atoms with Gasteiger partial charge in [-0.3, -0.25) is 14.5 Å². The third-order valence-electron chi connectivity index (χ3n) is 6.01. The van der Waals surface area contributed by atoms with Crippen LogP contribution in [0.2, 0.25) is 0 Å². The predicted molar refractivity (Wildman–Crippen MR) is 122 cm³/mol. The van der Waals surface area contributed by atoms with Crippen LogP contribution in [0.5, 0.6) is 0 Å². The average Bonchev–Trinajstić information content (AvgIpc) is 3.02. The number of esters is 1. The molecule has 7 nitrogen and oxygen atoms in total. The Hall–Kier alpha value is -3.74. The summed E-state index contributed by atoms with van der Waals surface area (Å²) < 4.78 is 10.8. The molecule has 3 aromatic rings. The van der Waals surface area contributed by atoms with E-state index in [1.54, 1.807) is 0 Å². The number of imide groups is 1. The van der Waals surface area contributed by atoms with Gasteiger partial charge in [-0.05, 0) is 55.5 Å². The van der Waals surface area contributed by atoms with Gasteiger partial charge in [0.05, 0.1) is 16.7 Å². The molecule has 33 heavy (non-hydrogen) atoms. The van der Waals surface area contributed by atoms with E-state index in [0.29, 0.717) is 35.4 Å². The molecule has 0 atom stereocenters. The fourth-order valence-corrected chi connectivity index (χ4v) is 3.88. The molecule has 170 valence electrons. The van der Waals surface area contributed by atoms with E-state index in [9.17, 15) is 19.2 Å². The van der Waals surface area contributed by atoms with E-state index >= 15 is 0 Å². The van der Waals surface area contributed by atoms with Crippen LogP contribution in [0.25, 0.3) is 11.0 Å². The van der Waals surface area contributed by atoms with Gasteiger partial charge < -0.3 is 9.15 Å². The van der Waals surface area contributed by atoms with Crippen LogP contribution in [0.1, 0.15) is 68.0 Å². The molecule has 0 bridgehead atoms. The Kier molecular flexibility index (Phi) is 5.89. The number of hydrogen-bond acceptors (Lipinski definition) is 6. The highest BCUT2D eigenvalue weighted by atomic mass is 16.5. The average molecular weight is 447 g/mol. The number of aryl methyl sites for hydroxylation is 2. The highest BCUT2D eigenvalue weighted by Crippen LogP contribution is 2.26. The number of benzene rings is 2. The maximum atomic E-state index is 12.7. The molecule has 1 aromatic heterocycles. The quantitative estimate of drug-likeness (QED) is 0.316. The normalized spacial score (nSPS) is 13.2. The molecule has 0 saturated carbocycles. The third-order valence-corrected chi connectivity index (χ3v) is 6.01. The molecule has 7 heteroatoms. The van der Waals surface area contributed by atoms with Crippen LogP contribution in [0, 0.1) is 19.8 Å². The predicted octanol–water partition coefficient (Wildman–Crippen LogP) is 4.41. The highest BCUT2D eigenvalue weighted by Gasteiger charge is 2.35. The number of carbonyl (C=O) groups is 3. The number of rotatable bonds is 6.